The highest BCUT2D eigenvalue weighted by Crippen LogP contribution is 2.27. The van der Waals surface area contributed by atoms with Crippen LogP contribution >= 0.6 is 0 Å². The van der Waals surface area contributed by atoms with Crippen LogP contribution in [0.25, 0.3) is 0 Å². The van der Waals surface area contributed by atoms with Gasteiger partial charge in [-0.3, -0.25) is 4.79 Å². The number of nitriles is 1. The molecule has 1 rings (SSSR count). The maximum atomic E-state index is 11.4. The first-order valence-corrected chi connectivity index (χ1v) is 4.71. The Morgan fingerprint density at radius 2 is 2.21 bits per heavy atom. The molecule has 0 aromatic carbocycles. The van der Waals surface area contributed by atoms with E-state index >= 15 is 0 Å². The van der Waals surface area contributed by atoms with Crippen LogP contribution in [0.1, 0.15) is 33.6 Å². The second kappa shape index (κ2) is 3.79. The lowest BCUT2D eigenvalue weighted by Gasteiger charge is -2.21. The van der Waals surface area contributed by atoms with Crippen LogP contribution in [-0.2, 0) is 4.79 Å². The summed E-state index contributed by atoms with van der Waals surface area (Å²) in [5.41, 5.74) is 3.22. The van der Waals surface area contributed by atoms with E-state index in [2.05, 4.69) is 16.6 Å². The fraction of sp³-hybridized carbons (Fsp3) is 0.700. The van der Waals surface area contributed by atoms with Crippen LogP contribution in [0, 0.1) is 22.7 Å². The number of hydrogen-bond acceptors (Lipinski definition) is 3. The summed E-state index contributed by atoms with van der Waals surface area (Å²) in [7, 11) is 0. The first-order valence-electron chi connectivity index (χ1n) is 4.71. The fourth-order valence-electron chi connectivity index (χ4n) is 1.56. The van der Waals surface area contributed by atoms with E-state index in [0.29, 0.717) is 12.8 Å². The van der Waals surface area contributed by atoms with Crippen LogP contribution in [0.2, 0.25) is 0 Å². The van der Waals surface area contributed by atoms with E-state index in [0.717, 1.165) is 5.71 Å². The van der Waals surface area contributed by atoms with Gasteiger partial charge in [-0.2, -0.15) is 10.4 Å². The Morgan fingerprint density at radius 1 is 1.57 bits per heavy atom. The predicted molar refractivity (Wildman–Crippen MR) is 53.4 cm³/mol. The lowest BCUT2D eigenvalue weighted by Crippen LogP contribution is -2.30. The van der Waals surface area contributed by atoms with Crippen molar-refractivity contribution in [2.75, 3.05) is 0 Å². The maximum absolute atomic E-state index is 11.4. The number of rotatable bonds is 2. The van der Waals surface area contributed by atoms with Crippen molar-refractivity contribution in [1.82, 2.24) is 5.43 Å². The third kappa shape index (κ3) is 2.11. The summed E-state index contributed by atoms with van der Waals surface area (Å²) in [6.45, 7) is 6.06. The van der Waals surface area contributed by atoms with Gasteiger partial charge in [0.2, 0.25) is 5.91 Å². The molecule has 4 heteroatoms. The molecule has 0 aromatic rings. The van der Waals surface area contributed by atoms with Gasteiger partial charge in [0, 0.05) is 11.8 Å². The van der Waals surface area contributed by atoms with Crippen LogP contribution in [0.4, 0.5) is 0 Å². The van der Waals surface area contributed by atoms with Crippen molar-refractivity contribution in [2.45, 2.75) is 33.6 Å². The Morgan fingerprint density at radius 3 is 2.71 bits per heavy atom. The van der Waals surface area contributed by atoms with Gasteiger partial charge in [-0.05, 0) is 6.42 Å². The van der Waals surface area contributed by atoms with Crippen molar-refractivity contribution in [2.24, 2.45) is 16.4 Å². The van der Waals surface area contributed by atoms with Gasteiger partial charge in [0.15, 0.2) is 0 Å². The Labute approximate surface area is 84.0 Å². The molecule has 14 heavy (non-hydrogen) atoms. The highest BCUT2D eigenvalue weighted by molar-refractivity contribution is 6.10. The minimum atomic E-state index is -0.213. The van der Waals surface area contributed by atoms with Crippen molar-refractivity contribution >= 4 is 11.6 Å². The molecule has 0 saturated carbocycles. The van der Waals surface area contributed by atoms with Crippen LogP contribution in [0.3, 0.4) is 0 Å². The molecule has 1 atom stereocenters. The monoisotopic (exact) mass is 193 g/mol. The predicted octanol–water partition coefficient (Wildman–Crippen LogP) is 1.44. The Hall–Kier alpha value is -1.37. The summed E-state index contributed by atoms with van der Waals surface area (Å²) in [6.07, 6.45) is 0.964. The highest BCUT2D eigenvalue weighted by Gasteiger charge is 2.36. The van der Waals surface area contributed by atoms with Crippen LogP contribution < -0.4 is 5.43 Å². The van der Waals surface area contributed by atoms with E-state index in [4.69, 9.17) is 5.26 Å². The van der Waals surface area contributed by atoms with Crippen molar-refractivity contribution in [1.29, 1.82) is 5.26 Å². The molecule has 1 N–H and O–H groups in total. The quantitative estimate of drug-likeness (QED) is 0.721. The molecule has 0 saturated heterocycles. The zero-order chi connectivity index (χ0) is 10.8. The summed E-state index contributed by atoms with van der Waals surface area (Å²) in [4.78, 5) is 11.4. The summed E-state index contributed by atoms with van der Waals surface area (Å²) in [5.74, 6) is -0.292. The second-order valence-electron chi connectivity index (χ2n) is 4.47. The third-order valence-corrected chi connectivity index (χ3v) is 2.25. The Balaban J connectivity index is 2.76. The summed E-state index contributed by atoms with van der Waals surface area (Å²) < 4.78 is 0. The van der Waals surface area contributed by atoms with Crippen LogP contribution in [0.5, 0.6) is 0 Å². The van der Waals surface area contributed by atoms with Crippen molar-refractivity contribution in [3.8, 4) is 6.07 Å². The van der Waals surface area contributed by atoms with E-state index in [1.807, 2.05) is 20.8 Å². The molecular formula is C10H15N3O. The number of nitrogens with one attached hydrogen (secondary N) is 1. The lowest BCUT2D eigenvalue weighted by atomic mass is 9.81. The molecule has 0 aliphatic carbocycles. The summed E-state index contributed by atoms with van der Waals surface area (Å²) >= 11 is 0. The molecule has 1 aliphatic heterocycles. The van der Waals surface area contributed by atoms with E-state index in [-0.39, 0.29) is 17.2 Å². The van der Waals surface area contributed by atoms with Crippen molar-refractivity contribution in [3.05, 3.63) is 0 Å². The first kappa shape index (κ1) is 10.7. The zero-order valence-electron chi connectivity index (χ0n) is 8.79. The smallest absolute Gasteiger partial charge is 0.248 e. The van der Waals surface area contributed by atoms with Gasteiger partial charge >= 0.3 is 0 Å². The topological polar surface area (TPSA) is 65.2 Å². The van der Waals surface area contributed by atoms with E-state index < -0.39 is 0 Å². The Bertz CT molecular complexity index is 306. The summed E-state index contributed by atoms with van der Waals surface area (Å²) in [6, 6.07) is 2.05. The zero-order valence-corrected chi connectivity index (χ0v) is 8.79. The molecular weight excluding hydrogens is 178 g/mol. The van der Waals surface area contributed by atoms with Gasteiger partial charge in [-0.15, -0.1) is 0 Å². The van der Waals surface area contributed by atoms with Gasteiger partial charge in [0.05, 0.1) is 17.7 Å². The van der Waals surface area contributed by atoms with E-state index in [1.54, 1.807) is 0 Å². The fourth-order valence-corrected chi connectivity index (χ4v) is 1.56. The van der Waals surface area contributed by atoms with Gasteiger partial charge in [0.1, 0.15) is 0 Å². The molecule has 1 heterocycles. The lowest BCUT2D eigenvalue weighted by molar-refractivity contribution is -0.122. The second-order valence-corrected chi connectivity index (χ2v) is 4.47. The van der Waals surface area contributed by atoms with Crippen molar-refractivity contribution in [3.63, 3.8) is 0 Å². The van der Waals surface area contributed by atoms with Gasteiger partial charge in [0.25, 0.3) is 0 Å². The van der Waals surface area contributed by atoms with E-state index in [9.17, 15) is 4.79 Å². The van der Waals surface area contributed by atoms with Gasteiger partial charge in [-0.1, -0.05) is 20.8 Å². The number of carbonyl (C=O) groups is 1. The molecule has 1 aliphatic rings. The number of hydrogen-bond donors (Lipinski definition) is 1. The average Bonchev–Trinajstić information content (AvgIpc) is 2.42. The minimum Gasteiger partial charge on any atom is -0.272 e. The average molecular weight is 193 g/mol. The molecule has 0 spiro atoms. The number of amides is 1. The standard InChI is InChI=1S/C10H15N3O/c1-10(2,3)8-7(5-4-6-11)9(14)13-12-8/h7H,4-5H2,1-3H3,(H,13,14)/t7-/m0/s1. The molecule has 0 unspecified atom stereocenters. The van der Waals surface area contributed by atoms with Crippen molar-refractivity contribution < 1.29 is 4.79 Å². The van der Waals surface area contributed by atoms with Crippen LogP contribution in [-0.4, -0.2) is 11.6 Å². The molecule has 0 aromatic heterocycles. The van der Waals surface area contributed by atoms with Gasteiger partial charge < -0.3 is 0 Å². The molecule has 1 amide bonds. The van der Waals surface area contributed by atoms with Gasteiger partial charge in [-0.25, -0.2) is 5.43 Å². The normalized spacial score (nSPS) is 21.4. The number of carbonyl (C=O) groups excluding carboxylic acids is 1. The largest absolute Gasteiger partial charge is 0.272 e. The third-order valence-electron chi connectivity index (χ3n) is 2.25. The first-order chi connectivity index (χ1) is 6.46. The molecule has 0 bridgehead atoms. The highest BCUT2D eigenvalue weighted by atomic mass is 16.2. The molecule has 76 valence electrons. The number of nitrogens with zero attached hydrogens (tertiary/aromatic N) is 2. The SMILES string of the molecule is CC(C)(C)C1=NNC(=O)[C@H]1CCC#N. The minimum absolute atomic E-state index is 0.0785. The van der Waals surface area contributed by atoms with Crippen LogP contribution in [0.15, 0.2) is 5.10 Å². The molecule has 0 radical (unpaired) electrons. The molecule has 0 fully saturated rings. The maximum Gasteiger partial charge on any atom is 0.248 e. The molecule has 4 nitrogen and oxygen atoms in total. The Kier molecular flexibility index (Phi) is 2.90. The summed E-state index contributed by atoms with van der Waals surface area (Å²) in [5, 5.41) is 12.5. The van der Waals surface area contributed by atoms with E-state index in [1.165, 1.54) is 0 Å². The number of hydrazone groups is 1.